The molecule has 0 saturated heterocycles. The first-order valence-corrected chi connectivity index (χ1v) is 9.93. The fourth-order valence-electron chi connectivity index (χ4n) is 3.63. The monoisotopic (exact) mass is 379 g/mol. The number of rotatable bonds is 2. The molecule has 27 heavy (non-hydrogen) atoms. The molecule has 0 aliphatic carbocycles. The quantitative estimate of drug-likeness (QED) is 0.865. The molecule has 2 aromatic carbocycles. The molecule has 2 N–H and O–H groups in total. The van der Waals surface area contributed by atoms with Crippen LogP contribution in [-0.4, -0.2) is 15.0 Å². The van der Waals surface area contributed by atoms with Gasteiger partial charge in [0.05, 0.1) is 11.6 Å². The first-order valence-electron chi connectivity index (χ1n) is 8.49. The summed E-state index contributed by atoms with van der Waals surface area (Å²) in [5.41, 5.74) is 7.98. The van der Waals surface area contributed by atoms with E-state index >= 15 is 0 Å². The zero-order valence-electron chi connectivity index (χ0n) is 14.6. The minimum absolute atomic E-state index is 0.0556. The molecule has 2 aliphatic rings. The van der Waals surface area contributed by atoms with E-state index in [0.29, 0.717) is 16.8 Å². The summed E-state index contributed by atoms with van der Waals surface area (Å²) >= 11 is 0. The SMILES string of the molecule is CCN1c2ccccc2C2=C([C@H](c3ccccc3)C(C#N)=C(N)O2)S1(=O)=O. The van der Waals surface area contributed by atoms with Crippen LogP contribution in [0.15, 0.2) is 71.0 Å². The maximum absolute atomic E-state index is 13.5. The van der Waals surface area contributed by atoms with Gasteiger partial charge in [-0.15, -0.1) is 0 Å². The van der Waals surface area contributed by atoms with Crippen molar-refractivity contribution in [1.29, 1.82) is 5.26 Å². The molecular formula is C20H17N3O3S. The molecule has 0 amide bonds. The van der Waals surface area contributed by atoms with Crippen molar-refractivity contribution >= 4 is 21.5 Å². The molecule has 0 bridgehead atoms. The number of nitriles is 1. The molecular weight excluding hydrogens is 362 g/mol. The Balaban J connectivity index is 2.08. The molecule has 0 fully saturated rings. The summed E-state index contributed by atoms with van der Waals surface area (Å²) < 4.78 is 34.1. The second kappa shape index (κ2) is 6.18. The topological polar surface area (TPSA) is 96.4 Å². The molecule has 0 saturated carbocycles. The van der Waals surface area contributed by atoms with E-state index in [1.54, 1.807) is 49.4 Å². The van der Waals surface area contributed by atoms with E-state index in [-0.39, 0.29) is 28.7 Å². The van der Waals surface area contributed by atoms with Crippen LogP contribution in [0.1, 0.15) is 24.0 Å². The van der Waals surface area contributed by atoms with Gasteiger partial charge in [0, 0.05) is 12.1 Å². The van der Waals surface area contributed by atoms with Crippen LogP contribution in [0.5, 0.6) is 0 Å². The van der Waals surface area contributed by atoms with Crippen LogP contribution < -0.4 is 10.0 Å². The van der Waals surface area contributed by atoms with Gasteiger partial charge in [-0.05, 0) is 24.6 Å². The fraction of sp³-hybridized carbons (Fsp3) is 0.150. The van der Waals surface area contributed by atoms with Crippen LogP contribution in [0.25, 0.3) is 5.76 Å². The number of anilines is 1. The molecule has 136 valence electrons. The third-order valence-corrected chi connectivity index (χ3v) is 6.79. The lowest BCUT2D eigenvalue weighted by atomic mass is 9.88. The predicted octanol–water partition coefficient (Wildman–Crippen LogP) is 3.03. The van der Waals surface area contributed by atoms with Crippen molar-refractivity contribution in [2.45, 2.75) is 12.8 Å². The van der Waals surface area contributed by atoms with Crippen molar-refractivity contribution in [2.75, 3.05) is 10.8 Å². The molecule has 6 nitrogen and oxygen atoms in total. The van der Waals surface area contributed by atoms with Crippen LogP contribution >= 0.6 is 0 Å². The third kappa shape index (κ3) is 2.41. The van der Waals surface area contributed by atoms with Gasteiger partial charge in [0.1, 0.15) is 16.5 Å². The molecule has 2 aromatic rings. The summed E-state index contributed by atoms with van der Waals surface area (Å²) in [5, 5.41) is 9.67. The number of hydrogen-bond acceptors (Lipinski definition) is 5. The summed E-state index contributed by atoms with van der Waals surface area (Å²) in [5.74, 6) is -0.687. The number of hydrogen-bond donors (Lipinski definition) is 1. The first kappa shape index (κ1) is 17.2. The lowest BCUT2D eigenvalue weighted by Gasteiger charge is -2.37. The van der Waals surface area contributed by atoms with Gasteiger partial charge < -0.3 is 10.5 Å². The Morgan fingerprint density at radius 1 is 1.15 bits per heavy atom. The Morgan fingerprint density at radius 2 is 1.81 bits per heavy atom. The summed E-state index contributed by atoms with van der Waals surface area (Å²) in [6, 6.07) is 18.2. The zero-order chi connectivity index (χ0) is 19.2. The van der Waals surface area contributed by atoms with Crippen LogP contribution in [0.3, 0.4) is 0 Å². The van der Waals surface area contributed by atoms with Crippen molar-refractivity contribution in [3.63, 3.8) is 0 Å². The van der Waals surface area contributed by atoms with Gasteiger partial charge in [-0.25, -0.2) is 8.42 Å². The molecule has 1 atom stereocenters. The van der Waals surface area contributed by atoms with E-state index in [1.807, 2.05) is 18.2 Å². The van der Waals surface area contributed by atoms with Crippen LogP contribution in [-0.2, 0) is 14.8 Å². The van der Waals surface area contributed by atoms with Crippen molar-refractivity contribution in [3.8, 4) is 6.07 Å². The summed E-state index contributed by atoms with van der Waals surface area (Å²) in [6.07, 6.45) is 0. The van der Waals surface area contributed by atoms with Crippen molar-refractivity contribution in [3.05, 3.63) is 82.1 Å². The van der Waals surface area contributed by atoms with Gasteiger partial charge in [0.25, 0.3) is 10.0 Å². The number of nitrogens with two attached hydrogens (primary N) is 1. The molecule has 0 radical (unpaired) electrons. The van der Waals surface area contributed by atoms with E-state index in [2.05, 4.69) is 0 Å². The summed E-state index contributed by atoms with van der Waals surface area (Å²) in [6.45, 7) is 2.04. The number of allylic oxidation sites excluding steroid dienone is 2. The number of para-hydroxylation sites is 1. The zero-order valence-corrected chi connectivity index (χ0v) is 15.4. The van der Waals surface area contributed by atoms with Gasteiger partial charge in [0.15, 0.2) is 5.76 Å². The normalized spacial score (nSPS) is 20.4. The Hall–Kier alpha value is -3.24. The van der Waals surface area contributed by atoms with Gasteiger partial charge >= 0.3 is 0 Å². The minimum atomic E-state index is -3.90. The fourth-order valence-corrected chi connectivity index (χ4v) is 5.56. The standard InChI is InChI=1S/C20H17N3O3S/c1-2-23-16-11-7-6-10-14(16)18-19(27(23,24)25)17(13-8-4-3-5-9-13)15(12-21)20(22)26-18/h3-11,17H,2,22H2,1H3/t17-/m1/s1. The van der Waals surface area contributed by atoms with Crippen LogP contribution in [0.4, 0.5) is 5.69 Å². The maximum atomic E-state index is 13.5. The number of fused-ring (bicyclic) bond motifs is 2. The molecule has 0 spiro atoms. The Bertz CT molecular complexity index is 1130. The van der Waals surface area contributed by atoms with Gasteiger partial charge in [0.2, 0.25) is 5.88 Å². The second-order valence-electron chi connectivity index (χ2n) is 6.22. The van der Waals surface area contributed by atoms with Crippen molar-refractivity contribution in [2.24, 2.45) is 5.73 Å². The Morgan fingerprint density at radius 3 is 2.48 bits per heavy atom. The molecule has 0 unspecified atom stereocenters. The van der Waals surface area contributed by atoms with Gasteiger partial charge in [-0.3, -0.25) is 4.31 Å². The number of sulfonamides is 1. The number of benzene rings is 2. The highest BCUT2D eigenvalue weighted by atomic mass is 32.2. The second-order valence-corrected chi connectivity index (χ2v) is 8.05. The van der Waals surface area contributed by atoms with E-state index in [4.69, 9.17) is 10.5 Å². The molecule has 4 rings (SSSR count). The first-order chi connectivity index (χ1) is 13.0. The van der Waals surface area contributed by atoms with Gasteiger partial charge in [-0.2, -0.15) is 5.26 Å². The predicted molar refractivity (Wildman–Crippen MR) is 102 cm³/mol. The average Bonchev–Trinajstić information content (AvgIpc) is 2.68. The van der Waals surface area contributed by atoms with E-state index < -0.39 is 15.9 Å². The third-order valence-electron chi connectivity index (χ3n) is 4.78. The van der Waals surface area contributed by atoms with E-state index in [9.17, 15) is 13.7 Å². The van der Waals surface area contributed by atoms with E-state index in [1.165, 1.54) is 4.31 Å². The summed E-state index contributed by atoms with van der Waals surface area (Å²) in [4.78, 5) is 0.0556. The lowest BCUT2D eigenvalue weighted by Crippen LogP contribution is -2.39. The molecule has 0 aromatic heterocycles. The molecule has 2 heterocycles. The van der Waals surface area contributed by atoms with Crippen molar-refractivity contribution < 1.29 is 13.2 Å². The highest BCUT2D eigenvalue weighted by Crippen LogP contribution is 2.50. The largest absolute Gasteiger partial charge is 0.439 e. The van der Waals surface area contributed by atoms with Crippen molar-refractivity contribution in [1.82, 2.24) is 0 Å². The van der Waals surface area contributed by atoms with Crippen LogP contribution in [0.2, 0.25) is 0 Å². The van der Waals surface area contributed by atoms with E-state index in [0.717, 1.165) is 0 Å². The highest BCUT2D eigenvalue weighted by Gasteiger charge is 2.46. The van der Waals surface area contributed by atoms with Crippen LogP contribution in [0, 0.1) is 11.3 Å². The number of ether oxygens (including phenoxy) is 1. The average molecular weight is 379 g/mol. The summed E-state index contributed by atoms with van der Waals surface area (Å²) in [7, 11) is -3.90. The minimum Gasteiger partial charge on any atom is -0.439 e. The molecule has 7 heteroatoms. The Labute approximate surface area is 157 Å². The Kier molecular flexibility index (Phi) is 3.93. The smallest absolute Gasteiger partial charge is 0.265 e. The highest BCUT2D eigenvalue weighted by molar-refractivity contribution is 7.97. The van der Waals surface area contributed by atoms with Gasteiger partial charge in [-0.1, -0.05) is 42.5 Å². The maximum Gasteiger partial charge on any atom is 0.265 e. The lowest BCUT2D eigenvalue weighted by molar-refractivity contribution is 0.357. The molecule has 2 aliphatic heterocycles. The number of nitrogens with zero attached hydrogens (tertiary/aromatic N) is 2.